The van der Waals surface area contributed by atoms with Gasteiger partial charge in [0.2, 0.25) is 0 Å². The number of thiazole rings is 1. The maximum atomic E-state index is 13.9. The second kappa shape index (κ2) is 8.62. The average molecular weight is 428 g/mol. The lowest BCUT2D eigenvalue weighted by molar-refractivity contribution is 0.0918. The first-order chi connectivity index (χ1) is 14.2. The van der Waals surface area contributed by atoms with Gasteiger partial charge in [0.1, 0.15) is 0 Å². The normalized spacial score (nSPS) is 11.1. The third-order valence-corrected chi connectivity index (χ3v) is 4.83. The minimum atomic E-state index is -0.482. The number of amides is 2. The first-order valence-electron chi connectivity index (χ1n) is 9.19. The predicted molar refractivity (Wildman–Crippen MR) is 116 cm³/mol. The van der Waals surface area contributed by atoms with Crippen molar-refractivity contribution in [2.45, 2.75) is 26.3 Å². The van der Waals surface area contributed by atoms with Gasteiger partial charge in [-0.25, -0.2) is 9.37 Å². The summed E-state index contributed by atoms with van der Waals surface area (Å²) in [7, 11) is 1.40. The SMILES string of the molecule is COc1ccc(-c2csc(NC(=O)c3ccc(C(=O)NC(C)(C)C)cc3)n2)cc1F. The van der Waals surface area contributed by atoms with Crippen LogP contribution in [-0.2, 0) is 0 Å². The summed E-state index contributed by atoms with van der Waals surface area (Å²) in [6, 6.07) is 10.9. The molecule has 0 saturated heterocycles. The van der Waals surface area contributed by atoms with Gasteiger partial charge >= 0.3 is 0 Å². The number of methoxy groups -OCH3 is 1. The average Bonchev–Trinajstić information content (AvgIpc) is 3.15. The Hall–Kier alpha value is -3.26. The number of nitrogens with one attached hydrogen (secondary N) is 2. The van der Waals surface area contributed by atoms with E-state index in [0.29, 0.717) is 27.5 Å². The van der Waals surface area contributed by atoms with E-state index >= 15 is 0 Å². The first-order valence-corrected chi connectivity index (χ1v) is 10.1. The zero-order chi connectivity index (χ0) is 21.9. The quantitative estimate of drug-likeness (QED) is 0.616. The molecule has 0 aliphatic carbocycles. The van der Waals surface area contributed by atoms with Crippen molar-refractivity contribution in [2.24, 2.45) is 0 Å². The van der Waals surface area contributed by atoms with E-state index < -0.39 is 5.82 Å². The van der Waals surface area contributed by atoms with Crippen LogP contribution >= 0.6 is 11.3 Å². The molecule has 6 nitrogen and oxygen atoms in total. The Bertz CT molecular complexity index is 1070. The van der Waals surface area contributed by atoms with E-state index in [0.717, 1.165) is 0 Å². The molecule has 0 aliphatic heterocycles. The lowest BCUT2D eigenvalue weighted by atomic mass is 10.1. The molecule has 8 heteroatoms. The largest absolute Gasteiger partial charge is 0.494 e. The first kappa shape index (κ1) is 21.4. The smallest absolute Gasteiger partial charge is 0.257 e. The second-order valence-corrected chi connectivity index (χ2v) is 8.48. The summed E-state index contributed by atoms with van der Waals surface area (Å²) in [4.78, 5) is 29.0. The number of anilines is 1. The standard InChI is InChI=1S/C22H22FN3O3S/c1-22(2,3)26-20(28)14-7-5-13(6-8-14)19(27)25-21-24-17(12-30-21)15-9-10-18(29-4)16(23)11-15/h5-12H,1-4H3,(H,26,28)(H,24,25,27). The van der Waals surface area contributed by atoms with Crippen molar-refractivity contribution in [1.82, 2.24) is 10.3 Å². The Morgan fingerprint density at radius 2 is 1.67 bits per heavy atom. The van der Waals surface area contributed by atoms with E-state index in [1.165, 1.54) is 30.6 Å². The summed E-state index contributed by atoms with van der Waals surface area (Å²) in [6.45, 7) is 5.69. The lowest BCUT2D eigenvalue weighted by Crippen LogP contribution is -2.40. The Balaban J connectivity index is 1.68. The number of hydrogen-bond donors (Lipinski definition) is 2. The molecule has 2 N–H and O–H groups in total. The van der Waals surface area contributed by atoms with Gasteiger partial charge in [0.05, 0.1) is 12.8 Å². The van der Waals surface area contributed by atoms with Crippen molar-refractivity contribution >= 4 is 28.3 Å². The Labute approximate surface area is 178 Å². The molecule has 0 spiro atoms. The monoisotopic (exact) mass is 427 g/mol. The van der Waals surface area contributed by atoms with Gasteiger partial charge in [-0.1, -0.05) is 0 Å². The maximum Gasteiger partial charge on any atom is 0.257 e. The van der Waals surface area contributed by atoms with Gasteiger partial charge in [-0.15, -0.1) is 11.3 Å². The molecule has 0 radical (unpaired) electrons. The highest BCUT2D eigenvalue weighted by molar-refractivity contribution is 7.14. The van der Waals surface area contributed by atoms with Crippen LogP contribution in [0.2, 0.25) is 0 Å². The van der Waals surface area contributed by atoms with Crippen LogP contribution in [0.4, 0.5) is 9.52 Å². The third-order valence-electron chi connectivity index (χ3n) is 4.07. The van der Waals surface area contributed by atoms with Crippen molar-refractivity contribution in [3.8, 4) is 17.0 Å². The minimum absolute atomic E-state index is 0.155. The molecule has 0 aliphatic rings. The van der Waals surface area contributed by atoms with E-state index in [4.69, 9.17) is 4.74 Å². The van der Waals surface area contributed by atoms with Crippen molar-refractivity contribution in [3.63, 3.8) is 0 Å². The van der Waals surface area contributed by atoms with Gasteiger partial charge in [0, 0.05) is 27.6 Å². The molecular weight excluding hydrogens is 405 g/mol. The molecule has 30 heavy (non-hydrogen) atoms. The summed E-state index contributed by atoms with van der Waals surface area (Å²) in [5, 5.41) is 7.72. The summed E-state index contributed by atoms with van der Waals surface area (Å²) >= 11 is 1.24. The number of rotatable bonds is 5. The van der Waals surface area contributed by atoms with Gasteiger partial charge in [-0.05, 0) is 63.2 Å². The van der Waals surface area contributed by atoms with Crippen LogP contribution < -0.4 is 15.4 Å². The minimum Gasteiger partial charge on any atom is -0.494 e. The number of aromatic nitrogens is 1. The number of carbonyl (C=O) groups excluding carboxylic acids is 2. The van der Waals surface area contributed by atoms with Gasteiger partial charge in [0.15, 0.2) is 16.7 Å². The Morgan fingerprint density at radius 3 is 2.23 bits per heavy atom. The molecule has 2 amide bonds. The molecule has 0 unspecified atom stereocenters. The number of ether oxygens (including phenoxy) is 1. The van der Waals surface area contributed by atoms with Crippen molar-refractivity contribution in [3.05, 3.63) is 64.8 Å². The van der Waals surface area contributed by atoms with Crippen LogP contribution in [0.15, 0.2) is 47.8 Å². The van der Waals surface area contributed by atoms with E-state index in [2.05, 4.69) is 15.6 Å². The van der Waals surface area contributed by atoms with Crippen LogP contribution in [0.25, 0.3) is 11.3 Å². The number of nitrogens with zero attached hydrogens (tertiary/aromatic N) is 1. The number of carbonyl (C=O) groups is 2. The molecule has 0 bridgehead atoms. The molecule has 0 atom stereocenters. The fourth-order valence-corrected chi connectivity index (χ4v) is 3.36. The van der Waals surface area contributed by atoms with Gasteiger partial charge < -0.3 is 10.1 Å². The van der Waals surface area contributed by atoms with Gasteiger partial charge in [-0.2, -0.15) is 0 Å². The van der Waals surface area contributed by atoms with Crippen LogP contribution in [0.5, 0.6) is 5.75 Å². The van der Waals surface area contributed by atoms with E-state index in [1.807, 2.05) is 20.8 Å². The lowest BCUT2D eigenvalue weighted by Gasteiger charge is -2.20. The molecular formula is C22H22FN3O3S. The van der Waals surface area contributed by atoms with Crippen molar-refractivity contribution in [1.29, 1.82) is 0 Å². The molecule has 156 valence electrons. The molecule has 0 fully saturated rings. The molecule has 2 aromatic carbocycles. The van der Waals surface area contributed by atoms with Crippen molar-refractivity contribution < 1.29 is 18.7 Å². The Kier molecular flexibility index (Phi) is 6.17. The Morgan fingerprint density at radius 1 is 1.03 bits per heavy atom. The summed E-state index contributed by atoms with van der Waals surface area (Å²) in [5.74, 6) is -0.878. The second-order valence-electron chi connectivity index (χ2n) is 7.62. The zero-order valence-electron chi connectivity index (χ0n) is 17.1. The van der Waals surface area contributed by atoms with Crippen LogP contribution in [0.1, 0.15) is 41.5 Å². The zero-order valence-corrected chi connectivity index (χ0v) is 17.9. The maximum absolute atomic E-state index is 13.9. The van der Waals surface area contributed by atoms with Crippen LogP contribution in [-0.4, -0.2) is 29.4 Å². The molecule has 3 rings (SSSR count). The number of halogens is 1. The fourth-order valence-electron chi connectivity index (χ4n) is 2.64. The molecule has 0 saturated carbocycles. The predicted octanol–water partition coefficient (Wildman–Crippen LogP) is 4.74. The highest BCUT2D eigenvalue weighted by atomic mass is 32.1. The molecule has 3 aromatic rings. The van der Waals surface area contributed by atoms with Gasteiger partial charge in [-0.3, -0.25) is 14.9 Å². The summed E-state index contributed by atoms with van der Waals surface area (Å²) < 4.78 is 18.8. The highest BCUT2D eigenvalue weighted by Crippen LogP contribution is 2.28. The third kappa shape index (κ3) is 5.21. The summed E-state index contributed by atoms with van der Waals surface area (Å²) in [5.41, 5.74) is 1.65. The van der Waals surface area contributed by atoms with E-state index in [1.54, 1.807) is 35.7 Å². The van der Waals surface area contributed by atoms with E-state index in [-0.39, 0.29) is 23.1 Å². The number of benzene rings is 2. The fraction of sp³-hybridized carbons (Fsp3) is 0.227. The topological polar surface area (TPSA) is 80.3 Å². The van der Waals surface area contributed by atoms with Crippen molar-refractivity contribution in [2.75, 3.05) is 12.4 Å². The van der Waals surface area contributed by atoms with E-state index in [9.17, 15) is 14.0 Å². The highest BCUT2D eigenvalue weighted by Gasteiger charge is 2.16. The number of hydrogen-bond acceptors (Lipinski definition) is 5. The van der Waals surface area contributed by atoms with Crippen LogP contribution in [0.3, 0.4) is 0 Å². The van der Waals surface area contributed by atoms with Gasteiger partial charge in [0.25, 0.3) is 11.8 Å². The van der Waals surface area contributed by atoms with Crippen LogP contribution in [0, 0.1) is 5.82 Å². The molecule has 1 heterocycles. The molecule has 1 aromatic heterocycles. The summed E-state index contributed by atoms with van der Waals surface area (Å²) in [6.07, 6.45) is 0.